The average molecular weight is 270 g/mol. The summed E-state index contributed by atoms with van der Waals surface area (Å²) in [6.45, 7) is 10.2. The number of likely N-dealkylation sites (tertiary alicyclic amines) is 1. The van der Waals surface area contributed by atoms with Crippen molar-refractivity contribution in [1.82, 2.24) is 10.2 Å². The van der Waals surface area contributed by atoms with Gasteiger partial charge in [-0.1, -0.05) is 13.8 Å². The van der Waals surface area contributed by atoms with Crippen molar-refractivity contribution in [2.24, 2.45) is 11.8 Å². The van der Waals surface area contributed by atoms with Gasteiger partial charge in [0.2, 0.25) is 0 Å². The molecule has 0 aromatic heterocycles. The van der Waals surface area contributed by atoms with Crippen molar-refractivity contribution in [1.29, 1.82) is 0 Å². The van der Waals surface area contributed by atoms with Crippen molar-refractivity contribution in [2.45, 2.75) is 39.5 Å². The van der Waals surface area contributed by atoms with Gasteiger partial charge < -0.3 is 15.0 Å². The molecule has 0 aliphatic carbocycles. The molecule has 1 N–H and O–H groups in total. The number of ether oxygens (including phenoxy) is 1. The zero-order valence-corrected chi connectivity index (χ0v) is 12.8. The lowest BCUT2D eigenvalue weighted by Gasteiger charge is -2.32. The molecular weight excluding hydrogens is 240 g/mol. The van der Waals surface area contributed by atoms with Gasteiger partial charge in [0, 0.05) is 6.42 Å². The van der Waals surface area contributed by atoms with Gasteiger partial charge in [-0.3, -0.25) is 4.79 Å². The van der Waals surface area contributed by atoms with Crippen LogP contribution in [0.15, 0.2) is 0 Å². The summed E-state index contributed by atoms with van der Waals surface area (Å²) in [5.74, 6) is 1.47. The van der Waals surface area contributed by atoms with Crippen molar-refractivity contribution in [3.63, 3.8) is 0 Å². The minimum absolute atomic E-state index is 0.0900. The van der Waals surface area contributed by atoms with Crippen LogP contribution >= 0.6 is 0 Å². The smallest absolute Gasteiger partial charge is 0.305 e. The van der Waals surface area contributed by atoms with E-state index < -0.39 is 0 Å². The number of nitrogens with one attached hydrogen (secondary N) is 1. The molecule has 0 amide bonds. The van der Waals surface area contributed by atoms with E-state index in [0.29, 0.717) is 6.42 Å². The van der Waals surface area contributed by atoms with Crippen LogP contribution in [0.2, 0.25) is 0 Å². The van der Waals surface area contributed by atoms with E-state index in [1.807, 2.05) is 0 Å². The summed E-state index contributed by atoms with van der Waals surface area (Å²) in [4.78, 5) is 13.5. The minimum atomic E-state index is -0.0900. The van der Waals surface area contributed by atoms with Gasteiger partial charge in [-0.05, 0) is 63.8 Å². The lowest BCUT2D eigenvalue weighted by Crippen LogP contribution is -2.38. The van der Waals surface area contributed by atoms with Crippen molar-refractivity contribution in [3.05, 3.63) is 0 Å². The molecule has 0 spiro atoms. The second-order valence-corrected chi connectivity index (χ2v) is 6.02. The molecule has 1 rings (SSSR count). The number of nitrogens with zero attached hydrogens (tertiary/aromatic N) is 1. The van der Waals surface area contributed by atoms with E-state index in [1.54, 1.807) is 0 Å². The third-order valence-electron chi connectivity index (χ3n) is 3.78. The Bertz CT molecular complexity index is 249. The summed E-state index contributed by atoms with van der Waals surface area (Å²) in [6.07, 6.45) is 4.03. The van der Waals surface area contributed by atoms with Gasteiger partial charge >= 0.3 is 5.97 Å². The van der Waals surface area contributed by atoms with Gasteiger partial charge in [-0.2, -0.15) is 0 Å². The Morgan fingerprint density at radius 3 is 2.63 bits per heavy atom. The maximum Gasteiger partial charge on any atom is 0.305 e. The van der Waals surface area contributed by atoms with Gasteiger partial charge in [-0.25, -0.2) is 0 Å². The highest BCUT2D eigenvalue weighted by molar-refractivity contribution is 5.69. The van der Waals surface area contributed by atoms with Crippen molar-refractivity contribution in [2.75, 3.05) is 39.8 Å². The Kier molecular flexibility index (Phi) is 8.07. The molecule has 1 aliphatic rings. The molecule has 0 bridgehead atoms. The number of carbonyl (C=O) groups is 1. The lowest BCUT2D eigenvalue weighted by molar-refractivity contribution is -0.140. The number of rotatable bonds is 8. The molecule has 0 saturated carbocycles. The van der Waals surface area contributed by atoms with Gasteiger partial charge in [0.15, 0.2) is 0 Å². The maximum absolute atomic E-state index is 11.0. The van der Waals surface area contributed by atoms with Crippen LogP contribution in [0.1, 0.15) is 39.5 Å². The molecule has 19 heavy (non-hydrogen) atoms. The molecule has 112 valence electrons. The van der Waals surface area contributed by atoms with E-state index in [9.17, 15) is 4.79 Å². The fraction of sp³-hybridized carbons (Fsp3) is 0.933. The maximum atomic E-state index is 11.0. The second kappa shape index (κ2) is 9.32. The number of hydrogen-bond acceptors (Lipinski definition) is 4. The summed E-state index contributed by atoms with van der Waals surface area (Å²) >= 11 is 0. The van der Waals surface area contributed by atoms with Gasteiger partial charge in [0.1, 0.15) is 0 Å². The van der Waals surface area contributed by atoms with Crippen molar-refractivity contribution < 1.29 is 9.53 Å². The summed E-state index contributed by atoms with van der Waals surface area (Å²) in [5.41, 5.74) is 0. The normalized spacial score (nSPS) is 17.9. The number of carbonyl (C=O) groups excluding carboxylic acids is 1. The predicted molar refractivity (Wildman–Crippen MR) is 78.1 cm³/mol. The molecule has 0 atom stereocenters. The molecule has 1 fully saturated rings. The van der Waals surface area contributed by atoms with Crippen molar-refractivity contribution in [3.8, 4) is 0 Å². The van der Waals surface area contributed by atoms with Crippen molar-refractivity contribution >= 4 is 5.97 Å². The van der Waals surface area contributed by atoms with Gasteiger partial charge in [-0.15, -0.1) is 0 Å². The minimum Gasteiger partial charge on any atom is -0.469 e. The number of hydrogen-bond donors (Lipinski definition) is 1. The third-order valence-corrected chi connectivity index (χ3v) is 3.78. The zero-order valence-electron chi connectivity index (χ0n) is 12.8. The number of esters is 1. The molecule has 1 saturated heterocycles. The zero-order chi connectivity index (χ0) is 14.1. The highest BCUT2D eigenvalue weighted by atomic mass is 16.5. The fourth-order valence-corrected chi connectivity index (χ4v) is 2.54. The number of methoxy groups -OCH3 is 1. The Labute approximate surface area is 117 Å². The lowest BCUT2D eigenvalue weighted by atomic mass is 9.96. The Balaban J connectivity index is 2.03. The van der Waals surface area contributed by atoms with Crippen LogP contribution in [-0.4, -0.2) is 50.7 Å². The topological polar surface area (TPSA) is 41.6 Å². The molecule has 0 radical (unpaired) electrons. The largest absolute Gasteiger partial charge is 0.469 e. The van der Waals surface area contributed by atoms with E-state index in [1.165, 1.54) is 33.0 Å². The molecule has 0 aromatic rings. The van der Waals surface area contributed by atoms with E-state index in [2.05, 4.69) is 28.8 Å². The highest BCUT2D eigenvalue weighted by Crippen LogP contribution is 2.16. The van der Waals surface area contributed by atoms with E-state index >= 15 is 0 Å². The van der Waals surface area contributed by atoms with Crippen LogP contribution in [0.4, 0.5) is 0 Å². The highest BCUT2D eigenvalue weighted by Gasteiger charge is 2.18. The molecule has 0 aromatic carbocycles. The SMILES string of the molecule is COC(=O)CCCN1CCC(CNCC(C)C)CC1. The van der Waals surface area contributed by atoms with Crippen LogP contribution in [0, 0.1) is 11.8 Å². The monoisotopic (exact) mass is 270 g/mol. The summed E-state index contributed by atoms with van der Waals surface area (Å²) in [7, 11) is 1.46. The summed E-state index contributed by atoms with van der Waals surface area (Å²) in [5, 5.41) is 3.56. The Hall–Kier alpha value is -0.610. The molecule has 1 aliphatic heterocycles. The quantitative estimate of drug-likeness (QED) is 0.684. The first-order valence-corrected chi connectivity index (χ1v) is 7.61. The van der Waals surface area contributed by atoms with Crippen LogP contribution in [0.5, 0.6) is 0 Å². The summed E-state index contributed by atoms with van der Waals surface area (Å²) < 4.78 is 4.65. The molecule has 4 heteroatoms. The van der Waals surface area contributed by atoms with Crippen LogP contribution < -0.4 is 5.32 Å². The van der Waals surface area contributed by atoms with Crippen LogP contribution in [0.3, 0.4) is 0 Å². The Morgan fingerprint density at radius 2 is 2.05 bits per heavy atom. The van der Waals surface area contributed by atoms with Gasteiger partial charge in [0.05, 0.1) is 7.11 Å². The van der Waals surface area contributed by atoms with Crippen LogP contribution in [-0.2, 0) is 9.53 Å². The summed E-state index contributed by atoms with van der Waals surface area (Å²) in [6, 6.07) is 0. The fourth-order valence-electron chi connectivity index (χ4n) is 2.54. The molecule has 4 nitrogen and oxygen atoms in total. The third kappa shape index (κ3) is 7.53. The van der Waals surface area contributed by atoms with Crippen LogP contribution in [0.25, 0.3) is 0 Å². The predicted octanol–water partition coefficient (Wildman–Crippen LogP) is 1.90. The number of piperidine rings is 1. The Morgan fingerprint density at radius 1 is 1.37 bits per heavy atom. The first-order valence-electron chi connectivity index (χ1n) is 7.61. The first-order chi connectivity index (χ1) is 9.11. The standard InChI is InChI=1S/C15H30N2O2/c1-13(2)11-16-12-14-6-9-17(10-7-14)8-4-5-15(18)19-3/h13-14,16H,4-12H2,1-3H3. The van der Waals surface area contributed by atoms with E-state index in [0.717, 1.165) is 37.9 Å². The first kappa shape index (κ1) is 16.4. The molecule has 1 heterocycles. The van der Waals surface area contributed by atoms with E-state index in [4.69, 9.17) is 0 Å². The average Bonchev–Trinajstić information content (AvgIpc) is 2.40. The van der Waals surface area contributed by atoms with E-state index in [-0.39, 0.29) is 5.97 Å². The molecule has 0 unspecified atom stereocenters. The second-order valence-electron chi connectivity index (χ2n) is 6.02. The van der Waals surface area contributed by atoms with Gasteiger partial charge in [0.25, 0.3) is 0 Å². The molecular formula is C15H30N2O2.